The summed E-state index contributed by atoms with van der Waals surface area (Å²) in [4.78, 5) is 14.2. The zero-order valence-corrected chi connectivity index (χ0v) is 12.3. The first-order chi connectivity index (χ1) is 9.07. The highest BCUT2D eigenvalue weighted by Crippen LogP contribution is 2.26. The summed E-state index contributed by atoms with van der Waals surface area (Å²) in [5, 5.41) is 3.08. The number of esters is 1. The number of hydrogen-bond acceptors (Lipinski definition) is 5. The van der Waals surface area contributed by atoms with E-state index in [1.165, 1.54) is 20.0 Å². The van der Waals surface area contributed by atoms with Gasteiger partial charge in [0, 0.05) is 13.1 Å². The molecule has 0 aromatic rings. The summed E-state index contributed by atoms with van der Waals surface area (Å²) in [5.41, 5.74) is -0.569. The van der Waals surface area contributed by atoms with Gasteiger partial charge in [0.2, 0.25) is 0 Å². The Labute approximate surface area is 115 Å². The molecule has 2 aliphatic heterocycles. The third kappa shape index (κ3) is 3.46. The van der Waals surface area contributed by atoms with Crippen molar-refractivity contribution in [2.24, 2.45) is 0 Å². The van der Waals surface area contributed by atoms with Crippen LogP contribution in [-0.2, 0) is 14.3 Å². The predicted molar refractivity (Wildman–Crippen MR) is 73.0 cm³/mol. The Morgan fingerprint density at radius 2 is 2.05 bits per heavy atom. The molecule has 0 aliphatic carbocycles. The van der Waals surface area contributed by atoms with Crippen LogP contribution in [-0.4, -0.2) is 62.4 Å². The summed E-state index contributed by atoms with van der Waals surface area (Å²) in [6.07, 6.45) is 5.08. The summed E-state index contributed by atoms with van der Waals surface area (Å²) in [6, 6.07) is 0. The van der Waals surface area contributed by atoms with Crippen LogP contribution < -0.4 is 5.32 Å². The van der Waals surface area contributed by atoms with Gasteiger partial charge in [-0.25, -0.2) is 0 Å². The normalized spacial score (nSPS) is 30.1. The molecule has 2 saturated heterocycles. The molecular formula is C14H26N2O3. The zero-order chi connectivity index (χ0) is 13.9. The molecule has 2 aliphatic rings. The van der Waals surface area contributed by atoms with Gasteiger partial charge in [-0.05, 0) is 46.2 Å². The number of nitrogens with zero attached hydrogens (tertiary/aromatic N) is 1. The Hall–Kier alpha value is -0.650. The minimum Gasteiger partial charge on any atom is -0.468 e. The number of fused-ring (bicyclic) bond motifs is 2. The van der Waals surface area contributed by atoms with Crippen molar-refractivity contribution in [2.45, 2.75) is 50.4 Å². The van der Waals surface area contributed by atoms with Crippen LogP contribution in [0.3, 0.4) is 0 Å². The maximum absolute atomic E-state index is 11.7. The second kappa shape index (κ2) is 6.20. The Balaban J connectivity index is 1.75. The van der Waals surface area contributed by atoms with Crippen LogP contribution >= 0.6 is 0 Å². The average Bonchev–Trinajstić information content (AvgIpc) is 2.76. The number of rotatable bonds is 6. The standard InChI is InChI=1S/C14H26N2O3/c1-14(15-2,13(17)18-3)7-4-8-16-9-11-5-6-12(10-16)19-11/h11-12,15H,4-10H2,1-3H3. The number of likely N-dealkylation sites (tertiary alicyclic amines) is 1. The van der Waals surface area contributed by atoms with Crippen molar-refractivity contribution in [3.63, 3.8) is 0 Å². The first-order valence-electron chi connectivity index (χ1n) is 7.22. The van der Waals surface area contributed by atoms with Crippen LogP contribution in [0, 0.1) is 0 Å². The monoisotopic (exact) mass is 270 g/mol. The Morgan fingerprint density at radius 3 is 2.58 bits per heavy atom. The van der Waals surface area contributed by atoms with Crippen molar-refractivity contribution >= 4 is 5.97 Å². The smallest absolute Gasteiger partial charge is 0.325 e. The summed E-state index contributed by atoms with van der Waals surface area (Å²) in [7, 11) is 3.25. The number of carbonyl (C=O) groups is 1. The van der Waals surface area contributed by atoms with Gasteiger partial charge in [-0.15, -0.1) is 0 Å². The quantitative estimate of drug-likeness (QED) is 0.723. The Bertz CT molecular complexity index is 312. The van der Waals surface area contributed by atoms with Crippen LogP contribution in [0.2, 0.25) is 0 Å². The highest BCUT2D eigenvalue weighted by atomic mass is 16.5. The number of hydrogen-bond donors (Lipinski definition) is 1. The Kier molecular flexibility index (Phi) is 4.81. The molecule has 5 nitrogen and oxygen atoms in total. The van der Waals surface area contributed by atoms with E-state index in [1.54, 1.807) is 0 Å². The first-order valence-corrected chi connectivity index (χ1v) is 7.22. The molecule has 2 rings (SSSR count). The lowest BCUT2D eigenvalue weighted by Crippen LogP contribution is -2.49. The van der Waals surface area contributed by atoms with Crippen LogP contribution in [0.15, 0.2) is 0 Å². The fourth-order valence-electron chi connectivity index (χ4n) is 3.09. The summed E-state index contributed by atoms with van der Waals surface area (Å²) < 4.78 is 10.7. The van der Waals surface area contributed by atoms with Crippen molar-refractivity contribution in [1.82, 2.24) is 10.2 Å². The minimum absolute atomic E-state index is 0.183. The zero-order valence-electron chi connectivity index (χ0n) is 12.3. The maximum atomic E-state index is 11.7. The average molecular weight is 270 g/mol. The van der Waals surface area contributed by atoms with E-state index in [1.807, 2.05) is 14.0 Å². The van der Waals surface area contributed by atoms with E-state index in [9.17, 15) is 4.79 Å². The molecular weight excluding hydrogens is 244 g/mol. The molecule has 0 spiro atoms. The molecule has 3 atom stereocenters. The van der Waals surface area contributed by atoms with Crippen molar-refractivity contribution in [2.75, 3.05) is 33.8 Å². The van der Waals surface area contributed by atoms with E-state index in [0.717, 1.165) is 32.5 Å². The van der Waals surface area contributed by atoms with Gasteiger partial charge in [-0.1, -0.05) is 0 Å². The van der Waals surface area contributed by atoms with Gasteiger partial charge in [0.25, 0.3) is 0 Å². The van der Waals surface area contributed by atoms with E-state index < -0.39 is 5.54 Å². The lowest BCUT2D eigenvalue weighted by atomic mass is 9.96. The number of ether oxygens (including phenoxy) is 2. The molecule has 19 heavy (non-hydrogen) atoms. The number of likely N-dealkylation sites (N-methyl/N-ethyl adjacent to an activating group) is 1. The number of morpholine rings is 1. The maximum Gasteiger partial charge on any atom is 0.325 e. The van der Waals surface area contributed by atoms with E-state index in [2.05, 4.69) is 10.2 Å². The number of nitrogens with one attached hydrogen (secondary N) is 1. The van der Waals surface area contributed by atoms with Crippen LogP contribution in [0.4, 0.5) is 0 Å². The van der Waals surface area contributed by atoms with E-state index in [4.69, 9.17) is 9.47 Å². The molecule has 5 heteroatoms. The number of carbonyl (C=O) groups excluding carboxylic acids is 1. The fourth-order valence-corrected chi connectivity index (χ4v) is 3.09. The van der Waals surface area contributed by atoms with E-state index in [0.29, 0.717) is 12.2 Å². The summed E-state index contributed by atoms with van der Waals surface area (Å²) in [5.74, 6) is -0.183. The first kappa shape index (κ1) is 14.8. The highest BCUT2D eigenvalue weighted by Gasteiger charge is 2.35. The van der Waals surface area contributed by atoms with Crippen molar-refractivity contribution in [3.05, 3.63) is 0 Å². The second-order valence-electron chi connectivity index (χ2n) is 5.89. The Morgan fingerprint density at radius 1 is 1.42 bits per heavy atom. The van der Waals surface area contributed by atoms with E-state index >= 15 is 0 Å². The van der Waals surface area contributed by atoms with Crippen molar-refractivity contribution in [1.29, 1.82) is 0 Å². The van der Waals surface area contributed by atoms with Crippen LogP contribution in [0.1, 0.15) is 32.6 Å². The molecule has 3 unspecified atom stereocenters. The predicted octanol–water partition coefficient (Wildman–Crippen LogP) is 0.781. The van der Waals surface area contributed by atoms with Crippen molar-refractivity contribution < 1.29 is 14.3 Å². The van der Waals surface area contributed by atoms with Gasteiger partial charge in [0.15, 0.2) is 0 Å². The molecule has 0 aromatic heterocycles. The molecule has 1 N–H and O–H groups in total. The molecule has 0 radical (unpaired) electrons. The molecule has 0 amide bonds. The highest BCUT2D eigenvalue weighted by molar-refractivity contribution is 5.80. The van der Waals surface area contributed by atoms with Gasteiger partial charge in [-0.3, -0.25) is 9.69 Å². The third-order valence-electron chi connectivity index (χ3n) is 4.46. The van der Waals surface area contributed by atoms with Gasteiger partial charge in [-0.2, -0.15) is 0 Å². The van der Waals surface area contributed by atoms with Gasteiger partial charge >= 0.3 is 5.97 Å². The largest absolute Gasteiger partial charge is 0.468 e. The van der Waals surface area contributed by atoms with Gasteiger partial charge in [0.05, 0.1) is 19.3 Å². The minimum atomic E-state index is -0.569. The number of methoxy groups -OCH3 is 1. The molecule has 2 heterocycles. The molecule has 2 bridgehead atoms. The second-order valence-corrected chi connectivity index (χ2v) is 5.89. The van der Waals surface area contributed by atoms with Crippen molar-refractivity contribution in [3.8, 4) is 0 Å². The van der Waals surface area contributed by atoms with Gasteiger partial charge < -0.3 is 14.8 Å². The lowest BCUT2D eigenvalue weighted by molar-refractivity contribution is -0.148. The molecule has 110 valence electrons. The summed E-state index contributed by atoms with van der Waals surface area (Å²) >= 11 is 0. The van der Waals surface area contributed by atoms with E-state index in [-0.39, 0.29) is 5.97 Å². The topological polar surface area (TPSA) is 50.8 Å². The third-order valence-corrected chi connectivity index (χ3v) is 4.46. The van der Waals surface area contributed by atoms with Crippen LogP contribution in [0.5, 0.6) is 0 Å². The van der Waals surface area contributed by atoms with Gasteiger partial charge in [0.1, 0.15) is 5.54 Å². The lowest BCUT2D eigenvalue weighted by Gasteiger charge is -2.33. The van der Waals surface area contributed by atoms with Crippen LogP contribution in [0.25, 0.3) is 0 Å². The fraction of sp³-hybridized carbons (Fsp3) is 0.929. The summed E-state index contributed by atoms with van der Waals surface area (Å²) in [6.45, 7) is 5.03. The molecule has 0 aromatic carbocycles. The SMILES string of the molecule is CNC(C)(CCCN1CC2CCC(C1)O2)C(=O)OC. The molecule has 2 fully saturated rings. The molecule has 0 saturated carbocycles.